The fourth-order valence-corrected chi connectivity index (χ4v) is 2.18. The van der Waals surface area contributed by atoms with Gasteiger partial charge in [-0.15, -0.1) is 0 Å². The first-order valence-electron chi connectivity index (χ1n) is 7.38. The molecular weight excluding hydrogens is 237 g/mol. The zero-order valence-corrected chi connectivity index (χ0v) is 12.8. The standard InChI is InChI=1S/C17H28FN/c1-5-11-19-16(9-10-17(2,3)4)13-14-7-6-8-15(18)12-14/h6-8,12,16,19H,5,9-11,13H2,1-4H3. The van der Waals surface area contributed by atoms with E-state index in [4.69, 9.17) is 0 Å². The average molecular weight is 265 g/mol. The highest BCUT2D eigenvalue weighted by atomic mass is 19.1. The van der Waals surface area contributed by atoms with E-state index in [9.17, 15) is 4.39 Å². The van der Waals surface area contributed by atoms with Gasteiger partial charge in [0, 0.05) is 6.04 Å². The van der Waals surface area contributed by atoms with Crippen molar-refractivity contribution < 1.29 is 4.39 Å². The summed E-state index contributed by atoms with van der Waals surface area (Å²) in [4.78, 5) is 0. The van der Waals surface area contributed by atoms with Gasteiger partial charge < -0.3 is 5.32 Å². The van der Waals surface area contributed by atoms with Gasteiger partial charge in [-0.1, -0.05) is 39.8 Å². The van der Waals surface area contributed by atoms with E-state index < -0.39 is 0 Å². The first kappa shape index (κ1) is 16.2. The Morgan fingerprint density at radius 1 is 1.26 bits per heavy atom. The minimum atomic E-state index is -0.137. The number of hydrogen-bond donors (Lipinski definition) is 1. The maximum absolute atomic E-state index is 13.2. The zero-order valence-electron chi connectivity index (χ0n) is 12.8. The molecule has 0 bridgehead atoms. The van der Waals surface area contributed by atoms with Gasteiger partial charge in [-0.25, -0.2) is 4.39 Å². The van der Waals surface area contributed by atoms with Gasteiger partial charge in [0.05, 0.1) is 0 Å². The highest BCUT2D eigenvalue weighted by molar-refractivity contribution is 5.17. The predicted molar refractivity (Wildman–Crippen MR) is 80.9 cm³/mol. The van der Waals surface area contributed by atoms with Gasteiger partial charge >= 0.3 is 0 Å². The normalized spacial score (nSPS) is 13.5. The molecule has 1 unspecified atom stereocenters. The van der Waals surface area contributed by atoms with Crippen molar-refractivity contribution in [1.82, 2.24) is 5.32 Å². The van der Waals surface area contributed by atoms with Crippen LogP contribution < -0.4 is 5.32 Å². The van der Waals surface area contributed by atoms with Gasteiger partial charge in [-0.2, -0.15) is 0 Å². The summed E-state index contributed by atoms with van der Waals surface area (Å²) in [5.74, 6) is -0.137. The molecule has 0 fully saturated rings. The van der Waals surface area contributed by atoms with Crippen LogP contribution in [0.2, 0.25) is 0 Å². The molecule has 1 atom stereocenters. The van der Waals surface area contributed by atoms with Crippen LogP contribution in [0.1, 0.15) is 52.5 Å². The van der Waals surface area contributed by atoms with Crippen molar-refractivity contribution in [2.45, 2.75) is 59.4 Å². The second kappa shape index (κ2) is 7.64. The zero-order chi connectivity index (χ0) is 14.3. The Kier molecular flexibility index (Phi) is 6.50. The van der Waals surface area contributed by atoms with E-state index in [0.29, 0.717) is 11.5 Å². The summed E-state index contributed by atoms with van der Waals surface area (Å²) in [6.45, 7) is 10.0. The summed E-state index contributed by atoms with van der Waals surface area (Å²) in [6.07, 6.45) is 4.37. The lowest BCUT2D eigenvalue weighted by atomic mass is 9.87. The molecule has 1 aromatic rings. The van der Waals surface area contributed by atoms with Gasteiger partial charge in [0.2, 0.25) is 0 Å². The quantitative estimate of drug-likeness (QED) is 0.762. The van der Waals surface area contributed by atoms with E-state index in [1.54, 1.807) is 12.1 Å². The van der Waals surface area contributed by atoms with Crippen molar-refractivity contribution in [3.63, 3.8) is 0 Å². The van der Waals surface area contributed by atoms with Crippen LogP contribution in [0.4, 0.5) is 4.39 Å². The smallest absolute Gasteiger partial charge is 0.123 e. The Morgan fingerprint density at radius 2 is 2.00 bits per heavy atom. The van der Waals surface area contributed by atoms with Crippen LogP contribution in [0.3, 0.4) is 0 Å². The monoisotopic (exact) mass is 265 g/mol. The highest BCUT2D eigenvalue weighted by Crippen LogP contribution is 2.22. The second-order valence-corrected chi connectivity index (χ2v) is 6.58. The Bertz CT molecular complexity index is 368. The van der Waals surface area contributed by atoms with Gasteiger partial charge in [-0.3, -0.25) is 0 Å². The van der Waals surface area contributed by atoms with Gasteiger partial charge in [0.25, 0.3) is 0 Å². The number of rotatable bonds is 7. The third-order valence-electron chi connectivity index (χ3n) is 3.30. The summed E-state index contributed by atoms with van der Waals surface area (Å²) in [5.41, 5.74) is 1.44. The summed E-state index contributed by atoms with van der Waals surface area (Å²) in [6, 6.07) is 7.41. The summed E-state index contributed by atoms with van der Waals surface area (Å²) in [7, 11) is 0. The van der Waals surface area contributed by atoms with E-state index in [-0.39, 0.29) is 5.82 Å². The minimum absolute atomic E-state index is 0.137. The predicted octanol–water partition coefficient (Wildman–Crippen LogP) is 4.56. The van der Waals surface area contributed by atoms with Crippen molar-refractivity contribution in [3.05, 3.63) is 35.6 Å². The molecule has 19 heavy (non-hydrogen) atoms. The Hall–Kier alpha value is -0.890. The lowest BCUT2D eigenvalue weighted by Gasteiger charge is -2.24. The maximum Gasteiger partial charge on any atom is 0.123 e. The molecule has 1 N–H and O–H groups in total. The molecule has 0 heterocycles. The van der Waals surface area contributed by atoms with E-state index in [1.165, 1.54) is 12.5 Å². The Labute approximate surface area is 117 Å². The molecule has 1 rings (SSSR count). The van der Waals surface area contributed by atoms with Gasteiger partial charge in [0.1, 0.15) is 5.82 Å². The lowest BCUT2D eigenvalue weighted by Crippen LogP contribution is -2.32. The van der Waals surface area contributed by atoms with Crippen LogP contribution in [0.5, 0.6) is 0 Å². The number of halogens is 1. The molecule has 1 nitrogen and oxygen atoms in total. The second-order valence-electron chi connectivity index (χ2n) is 6.58. The Morgan fingerprint density at radius 3 is 2.58 bits per heavy atom. The molecule has 108 valence electrons. The van der Waals surface area contributed by atoms with Crippen LogP contribution in [0.15, 0.2) is 24.3 Å². The molecule has 0 aliphatic rings. The van der Waals surface area contributed by atoms with Crippen molar-refractivity contribution in [1.29, 1.82) is 0 Å². The summed E-state index contributed by atoms with van der Waals surface area (Å²) in [5, 5.41) is 3.59. The van der Waals surface area contributed by atoms with Crippen molar-refractivity contribution in [2.75, 3.05) is 6.54 Å². The van der Waals surface area contributed by atoms with Gasteiger partial charge in [-0.05, 0) is 55.3 Å². The molecular formula is C17H28FN. The molecule has 0 spiro atoms. The van der Waals surface area contributed by atoms with Crippen LogP contribution >= 0.6 is 0 Å². The molecule has 0 saturated heterocycles. The Balaban J connectivity index is 2.58. The fourth-order valence-electron chi connectivity index (χ4n) is 2.18. The van der Waals surface area contributed by atoms with E-state index in [0.717, 1.165) is 31.4 Å². The minimum Gasteiger partial charge on any atom is -0.314 e. The van der Waals surface area contributed by atoms with Crippen LogP contribution in [0.25, 0.3) is 0 Å². The largest absolute Gasteiger partial charge is 0.314 e. The van der Waals surface area contributed by atoms with Crippen LogP contribution in [-0.2, 0) is 6.42 Å². The molecule has 1 aromatic carbocycles. The highest BCUT2D eigenvalue weighted by Gasteiger charge is 2.15. The van der Waals surface area contributed by atoms with Crippen molar-refractivity contribution in [2.24, 2.45) is 5.41 Å². The van der Waals surface area contributed by atoms with Crippen molar-refractivity contribution in [3.8, 4) is 0 Å². The molecule has 0 aromatic heterocycles. The third-order valence-corrected chi connectivity index (χ3v) is 3.30. The number of hydrogen-bond acceptors (Lipinski definition) is 1. The van der Waals surface area contributed by atoms with Crippen LogP contribution in [0, 0.1) is 11.2 Å². The first-order chi connectivity index (χ1) is 8.90. The number of benzene rings is 1. The molecule has 0 aliphatic heterocycles. The molecule has 0 aliphatic carbocycles. The number of nitrogens with one attached hydrogen (secondary N) is 1. The summed E-state index contributed by atoms with van der Waals surface area (Å²) < 4.78 is 13.2. The topological polar surface area (TPSA) is 12.0 Å². The SMILES string of the molecule is CCCNC(CCC(C)(C)C)Cc1cccc(F)c1. The molecule has 0 amide bonds. The molecule has 0 radical (unpaired) electrons. The molecule has 0 saturated carbocycles. The van der Waals surface area contributed by atoms with E-state index >= 15 is 0 Å². The van der Waals surface area contributed by atoms with Crippen LogP contribution in [-0.4, -0.2) is 12.6 Å². The summed E-state index contributed by atoms with van der Waals surface area (Å²) >= 11 is 0. The first-order valence-corrected chi connectivity index (χ1v) is 7.38. The third kappa shape index (κ3) is 7.31. The van der Waals surface area contributed by atoms with E-state index in [2.05, 4.69) is 33.0 Å². The van der Waals surface area contributed by atoms with Gasteiger partial charge in [0.15, 0.2) is 0 Å². The fraction of sp³-hybridized carbons (Fsp3) is 0.647. The van der Waals surface area contributed by atoms with Crippen molar-refractivity contribution >= 4 is 0 Å². The molecule has 2 heteroatoms. The average Bonchev–Trinajstić information content (AvgIpc) is 2.31. The van der Waals surface area contributed by atoms with E-state index in [1.807, 2.05) is 6.07 Å². The lowest BCUT2D eigenvalue weighted by molar-refractivity contribution is 0.328. The maximum atomic E-state index is 13.2.